The molecule has 0 aliphatic heterocycles. The topological polar surface area (TPSA) is 29.1 Å². The van der Waals surface area contributed by atoms with Gasteiger partial charge in [0.05, 0.1) is 5.69 Å². The van der Waals surface area contributed by atoms with E-state index in [9.17, 15) is 9.18 Å². The lowest BCUT2D eigenvalue weighted by atomic mass is 10.3. The molecule has 70 valence electrons. The summed E-state index contributed by atoms with van der Waals surface area (Å²) in [4.78, 5) is 10.9. The number of benzene rings is 1. The number of carbonyl (C=O) groups excluding carboxylic acids is 1. The number of nitrogens with one attached hydrogen (secondary N) is 1. The van der Waals surface area contributed by atoms with E-state index in [1.807, 2.05) is 0 Å². The molecule has 0 unspecified atom stereocenters. The highest BCUT2D eigenvalue weighted by Crippen LogP contribution is 2.18. The van der Waals surface area contributed by atoms with Crippen molar-refractivity contribution >= 4 is 23.2 Å². The summed E-state index contributed by atoms with van der Waals surface area (Å²) in [5.41, 5.74) is 0.163. The van der Waals surface area contributed by atoms with Crippen LogP contribution in [0.4, 0.5) is 10.1 Å². The molecule has 0 fully saturated rings. The van der Waals surface area contributed by atoms with Crippen molar-refractivity contribution in [1.82, 2.24) is 0 Å². The monoisotopic (exact) mass is 201 g/mol. The van der Waals surface area contributed by atoms with E-state index in [1.54, 1.807) is 6.92 Å². The molecule has 0 bridgehead atoms. The average Bonchev–Trinajstić information content (AvgIpc) is 2.09. The number of rotatable bonds is 2. The number of halogens is 2. The fourth-order valence-corrected chi connectivity index (χ4v) is 0.988. The normalized spacial score (nSPS) is 9.77. The minimum Gasteiger partial charge on any atom is -0.324 e. The summed E-state index contributed by atoms with van der Waals surface area (Å²) < 4.78 is 13.0. The Labute approximate surface area is 80.7 Å². The second-order valence-electron chi connectivity index (χ2n) is 2.53. The van der Waals surface area contributed by atoms with Gasteiger partial charge in [-0.2, -0.15) is 0 Å². The molecule has 2 nitrogen and oxygen atoms in total. The third-order valence-corrected chi connectivity index (χ3v) is 1.76. The number of amides is 1. The quantitative estimate of drug-likeness (QED) is 0.783. The van der Waals surface area contributed by atoms with Crippen LogP contribution in [-0.4, -0.2) is 5.91 Å². The summed E-state index contributed by atoms with van der Waals surface area (Å²) in [6.45, 7) is 1.70. The van der Waals surface area contributed by atoms with Gasteiger partial charge in [-0.05, 0) is 18.2 Å². The molecule has 0 aliphatic rings. The summed E-state index contributed by atoms with van der Waals surface area (Å²) in [6, 6.07) is 4.12. The van der Waals surface area contributed by atoms with Gasteiger partial charge in [-0.25, -0.2) is 4.39 Å². The van der Waals surface area contributed by atoms with Crippen LogP contribution in [0.5, 0.6) is 0 Å². The van der Waals surface area contributed by atoms with Gasteiger partial charge in [-0.1, -0.05) is 18.5 Å². The van der Waals surface area contributed by atoms with E-state index in [0.29, 0.717) is 11.4 Å². The van der Waals surface area contributed by atoms with Crippen molar-refractivity contribution in [1.29, 1.82) is 0 Å². The number of hydrogen-bond acceptors (Lipinski definition) is 1. The highest BCUT2D eigenvalue weighted by Gasteiger charge is 2.04. The molecule has 0 atom stereocenters. The molecular formula is C9H9ClFNO. The van der Waals surface area contributed by atoms with Gasteiger partial charge in [0, 0.05) is 11.4 Å². The van der Waals surface area contributed by atoms with Crippen molar-refractivity contribution < 1.29 is 9.18 Å². The minimum absolute atomic E-state index is 0.163. The molecule has 0 heterocycles. The summed E-state index contributed by atoms with van der Waals surface area (Å²) in [5.74, 6) is -0.740. The van der Waals surface area contributed by atoms with E-state index in [2.05, 4.69) is 5.32 Å². The first-order valence-corrected chi connectivity index (χ1v) is 4.26. The Morgan fingerprint density at radius 1 is 1.62 bits per heavy atom. The Balaban J connectivity index is 2.83. The fourth-order valence-electron chi connectivity index (χ4n) is 0.829. The number of hydrogen-bond donors (Lipinski definition) is 1. The van der Waals surface area contributed by atoms with Crippen molar-refractivity contribution in [3.05, 3.63) is 29.0 Å². The minimum atomic E-state index is -0.519. The second-order valence-corrected chi connectivity index (χ2v) is 2.96. The Morgan fingerprint density at radius 2 is 2.31 bits per heavy atom. The summed E-state index contributed by atoms with van der Waals surface area (Å²) in [5, 5.41) is 2.73. The molecule has 4 heteroatoms. The van der Waals surface area contributed by atoms with Crippen LogP contribution in [0, 0.1) is 5.82 Å². The van der Waals surface area contributed by atoms with Gasteiger partial charge in [0.1, 0.15) is 5.82 Å². The molecule has 0 saturated heterocycles. The third kappa shape index (κ3) is 2.70. The van der Waals surface area contributed by atoms with Crippen LogP contribution in [0.25, 0.3) is 0 Å². The first kappa shape index (κ1) is 9.99. The van der Waals surface area contributed by atoms with Gasteiger partial charge < -0.3 is 5.32 Å². The van der Waals surface area contributed by atoms with Gasteiger partial charge in [0.2, 0.25) is 5.91 Å². The highest BCUT2D eigenvalue weighted by atomic mass is 35.5. The van der Waals surface area contributed by atoms with Gasteiger partial charge >= 0.3 is 0 Å². The molecule has 0 radical (unpaired) electrons. The predicted molar refractivity (Wildman–Crippen MR) is 50.3 cm³/mol. The highest BCUT2D eigenvalue weighted by molar-refractivity contribution is 6.30. The van der Waals surface area contributed by atoms with Gasteiger partial charge in [0.15, 0.2) is 0 Å². The first-order chi connectivity index (χ1) is 6.13. The number of carbonyl (C=O) groups is 1. The van der Waals surface area contributed by atoms with Gasteiger partial charge in [0.25, 0.3) is 0 Å². The van der Waals surface area contributed by atoms with Crippen LogP contribution >= 0.6 is 11.6 Å². The Hall–Kier alpha value is -1.09. The zero-order valence-electron chi connectivity index (χ0n) is 7.10. The zero-order chi connectivity index (χ0) is 9.84. The lowest BCUT2D eigenvalue weighted by molar-refractivity contribution is -0.115. The molecule has 1 rings (SSSR count). The third-order valence-electron chi connectivity index (χ3n) is 1.53. The molecule has 1 N–H and O–H groups in total. The van der Waals surface area contributed by atoms with E-state index in [-0.39, 0.29) is 11.6 Å². The maximum atomic E-state index is 13.0. The van der Waals surface area contributed by atoms with Gasteiger partial charge in [-0.15, -0.1) is 0 Å². The van der Waals surface area contributed by atoms with Gasteiger partial charge in [-0.3, -0.25) is 4.79 Å². The second kappa shape index (κ2) is 4.23. The molecule has 0 saturated carbocycles. The van der Waals surface area contributed by atoms with Crippen molar-refractivity contribution in [2.45, 2.75) is 13.3 Å². The van der Waals surface area contributed by atoms with Crippen LogP contribution in [0.3, 0.4) is 0 Å². The predicted octanol–water partition coefficient (Wildman–Crippen LogP) is 2.83. The molecular weight excluding hydrogens is 193 g/mol. The summed E-state index contributed by atoms with van der Waals surface area (Å²) in [7, 11) is 0. The maximum absolute atomic E-state index is 13.0. The summed E-state index contributed by atoms with van der Waals surface area (Å²) >= 11 is 5.53. The van der Waals surface area contributed by atoms with Crippen molar-refractivity contribution in [3.63, 3.8) is 0 Å². The van der Waals surface area contributed by atoms with E-state index >= 15 is 0 Å². The molecule has 1 amide bonds. The van der Waals surface area contributed by atoms with Crippen molar-refractivity contribution in [3.8, 4) is 0 Å². The van der Waals surface area contributed by atoms with E-state index in [4.69, 9.17) is 11.6 Å². The summed E-state index contributed by atoms with van der Waals surface area (Å²) in [6.07, 6.45) is 0.321. The molecule has 0 spiro atoms. The van der Waals surface area contributed by atoms with Crippen LogP contribution in [-0.2, 0) is 4.79 Å². The first-order valence-electron chi connectivity index (χ1n) is 3.88. The zero-order valence-corrected chi connectivity index (χ0v) is 7.86. The largest absolute Gasteiger partial charge is 0.324 e. The molecule has 13 heavy (non-hydrogen) atoms. The smallest absolute Gasteiger partial charge is 0.224 e. The van der Waals surface area contributed by atoms with E-state index in [1.165, 1.54) is 12.1 Å². The Morgan fingerprint density at radius 3 is 2.85 bits per heavy atom. The van der Waals surface area contributed by atoms with E-state index in [0.717, 1.165) is 6.07 Å². The van der Waals surface area contributed by atoms with Crippen molar-refractivity contribution in [2.75, 3.05) is 5.32 Å². The molecule has 1 aromatic carbocycles. The lowest BCUT2D eigenvalue weighted by Gasteiger charge is -2.04. The standard InChI is InChI=1S/C9H9ClFNO/c1-2-9(13)12-8-4-3-6(10)5-7(8)11/h3-5H,2H2,1H3,(H,12,13). The number of anilines is 1. The van der Waals surface area contributed by atoms with Crippen LogP contribution in [0.15, 0.2) is 18.2 Å². The van der Waals surface area contributed by atoms with Crippen LogP contribution in [0.1, 0.15) is 13.3 Å². The molecule has 0 aromatic heterocycles. The maximum Gasteiger partial charge on any atom is 0.224 e. The molecule has 1 aromatic rings. The Kier molecular flexibility index (Phi) is 3.25. The van der Waals surface area contributed by atoms with Crippen molar-refractivity contribution in [2.24, 2.45) is 0 Å². The Bertz CT molecular complexity index is 327. The SMILES string of the molecule is CCC(=O)Nc1ccc(Cl)cc1F. The lowest BCUT2D eigenvalue weighted by Crippen LogP contribution is -2.10. The molecule has 0 aliphatic carbocycles. The van der Waals surface area contributed by atoms with Crippen LogP contribution < -0.4 is 5.32 Å². The fraction of sp³-hybridized carbons (Fsp3) is 0.222. The average molecular weight is 202 g/mol. The van der Waals surface area contributed by atoms with Crippen LogP contribution in [0.2, 0.25) is 5.02 Å². The van der Waals surface area contributed by atoms with E-state index < -0.39 is 5.82 Å².